The van der Waals surface area contributed by atoms with Crippen LogP contribution in [0.25, 0.3) is 0 Å². The maximum Gasteiger partial charge on any atom is 0.401 e. The molecule has 1 fully saturated rings. The van der Waals surface area contributed by atoms with Gasteiger partial charge in [-0.15, -0.1) is 0 Å². The number of rotatable bonds is 7. The smallest absolute Gasteiger partial charge is 0.401 e. The summed E-state index contributed by atoms with van der Waals surface area (Å²) in [5, 5.41) is 6.34. The first kappa shape index (κ1) is 20.4. The zero-order chi connectivity index (χ0) is 19.0. The molecule has 0 spiro atoms. The molecule has 1 atom stereocenters. The third kappa shape index (κ3) is 7.51. The number of nitrogens with one attached hydrogen (secondary N) is 2. The van der Waals surface area contributed by atoms with Crippen molar-refractivity contribution >= 4 is 5.96 Å². The van der Waals surface area contributed by atoms with Crippen molar-refractivity contribution < 1.29 is 17.9 Å². The van der Waals surface area contributed by atoms with Gasteiger partial charge in [0.15, 0.2) is 5.96 Å². The van der Waals surface area contributed by atoms with Crippen LogP contribution in [0.5, 0.6) is 5.75 Å². The minimum atomic E-state index is -4.15. The summed E-state index contributed by atoms with van der Waals surface area (Å²) in [5.41, 5.74) is 1.13. The fourth-order valence-corrected chi connectivity index (χ4v) is 2.89. The highest BCUT2D eigenvalue weighted by molar-refractivity contribution is 5.80. The monoisotopic (exact) mass is 372 g/mol. The Labute approximate surface area is 152 Å². The van der Waals surface area contributed by atoms with Gasteiger partial charge in [-0.3, -0.25) is 4.90 Å². The molecule has 0 aromatic heterocycles. The number of likely N-dealkylation sites (tertiary alicyclic amines) is 1. The van der Waals surface area contributed by atoms with Gasteiger partial charge < -0.3 is 15.4 Å². The van der Waals surface area contributed by atoms with Crippen molar-refractivity contribution in [2.45, 2.75) is 32.5 Å². The fraction of sp³-hybridized carbons (Fsp3) is 0.611. The first-order chi connectivity index (χ1) is 12.4. The van der Waals surface area contributed by atoms with Gasteiger partial charge in [-0.1, -0.05) is 12.1 Å². The minimum absolute atomic E-state index is 0.0344. The topological polar surface area (TPSA) is 48.9 Å². The van der Waals surface area contributed by atoms with E-state index in [1.807, 2.05) is 38.1 Å². The van der Waals surface area contributed by atoms with Crippen LogP contribution in [0.4, 0.5) is 13.2 Å². The second-order valence-corrected chi connectivity index (χ2v) is 6.41. The number of nitrogens with zero attached hydrogens (tertiary/aromatic N) is 2. The van der Waals surface area contributed by atoms with Crippen molar-refractivity contribution in [1.82, 2.24) is 15.5 Å². The van der Waals surface area contributed by atoms with Gasteiger partial charge in [0, 0.05) is 25.7 Å². The van der Waals surface area contributed by atoms with E-state index in [4.69, 9.17) is 4.74 Å². The molecule has 1 heterocycles. The highest BCUT2D eigenvalue weighted by atomic mass is 19.4. The van der Waals surface area contributed by atoms with Crippen LogP contribution < -0.4 is 15.4 Å². The van der Waals surface area contributed by atoms with Gasteiger partial charge in [0.2, 0.25) is 0 Å². The predicted molar refractivity (Wildman–Crippen MR) is 96.7 cm³/mol. The van der Waals surface area contributed by atoms with E-state index in [1.165, 1.54) is 4.90 Å². The van der Waals surface area contributed by atoms with Crippen LogP contribution >= 0.6 is 0 Å². The number of benzene rings is 1. The van der Waals surface area contributed by atoms with Gasteiger partial charge in [-0.25, -0.2) is 4.99 Å². The Kier molecular flexibility index (Phi) is 7.56. The van der Waals surface area contributed by atoms with Crippen LogP contribution in [-0.2, 0) is 0 Å². The van der Waals surface area contributed by atoms with Gasteiger partial charge in [-0.2, -0.15) is 13.2 Å². The Morgan fingerprint density at radius 2 is 2.19 bits per heavy atom. The average molecular weight is 372 g/mol. The zero-order valence-corrected chi connectivity index (χ0v) is 15.3. The highest BCUT2D eigenvalue weighted by Gasteiger charge is 2.34. The van der Waals surface area contributed by atoms with Crippen molar-refractivity contribution in [3.63, 3.8) is 0 Å². The summed E-state index contributed by atoms with van der Waals surface area (Å²) in [7, 11) is 0. The van der Waals surface area contributed by atoms with E-state index in [2.05, 4.69) is 15.6 Å². The first-order valence-corrected chi connectivity index (χ1v) is 8.89. The molecular formula is C18H27F3N4O. The van der Waals surface area contributed by atoms with E-state index < -0.39 is 12.7 Å². The third-order valence-corrected chi connectivity index (χ3v) is 3.98. The summed E-state index contributed by atoms with van der Waals surface area (Å²) in [4.78, 5) is 5.86. The van der Waals surface area contributed by atoms with Crippen molar-refractivity contribution in [1.29, 1.82) is 0 Å². The molecule has 1 aliphatic heterocycles. The van der Waals surface area contributed by atoms with Crippen LogP contribution in [0, 0.1) is 6.92 Å². The number of guanidine groups is 1. The number of hydrogen-bond acceptors (Lipinski definition) is 3. The van der Waals surface area contributed by atoms with Crippen LogP contribution in [0.1, 0.15) is 18.9 Å². The van der Waals surface area contributed by atoms with E-state index in [-0.39, 0.29) is 6.04 Å². The molecular weight excluding hydrogens is 345 g/mol. The Hall–Kier alpha value is -1.96. The molecule has 1 aromatic rings. The van der Waals surface area contributed by atoms with Gasteiger partial charge >= 0.3 is 6.18 Å². The van der Waals surface area contributed by atoms with E-state index in [1.54, 1.807) is 0 Å². The molecule has 1 unspecified atom stereocenters. The SMILES string of the molecule is CCNC(=NCCOc1cccc(C)c1)NC1CCN(CC(F)(F)F)C1. The molecule has 1 aromatic carbocycles. The normalized spacial score (nSPS) is 18.8. The molecule has 0 saturated carbocycles. The molecule has 2 rings (SSSR count). The lowest BCUT2D eigenvalue weighted by Gasteiger charge is -2.19. The summed E-state index contributed by atoms with van der Waals surface area (Å²) >= 11 is 0. The third-order valence-electron chi connectivity index (χ3n) is 3.98. The Morgan fingerprint density at radius 3 is 2.88 bits per heavy atom. The van der Waals surface area contributed by atoms with Crippen LogP contribution in [0.3, 0.4) is 0 Å². The molecule has 5 nitrogen and oxygen atoms in total. The maximum absolute atomic E-state index is 12.5. The molecule has 0 bridgehead atoms. The number of alkyl halides is 3. The fourth-order valence-electron chi connectivity index (χ4n) is 2.89. The lowest BCUT2D eigenvalue weighted by molar-refractivity contribution is -0.143. The molecule has 0 radical (unpaired) electrons. The molecule has 1 saturated heterocycles. The summed E-state index contributed by atoms with van der Waals surface area (Å²) in [6.07, 6.45) is -3.49. The van der Waals surface area contributed by atoms with E-state index in [9.17, 15) is 13.2 Å². The number of halogens is 3. The zero-order valence-electron chi connectivity index (χ0n) is 15.3. The van der Waals surface area contributed by atoms with Crippen LogP contribution in [0.15, 0.2) is 29.3 Å². The van der Waals surface area contributed by atoms with Crippen molar-refractivity contribution in [2.75, 3.05) is 39.3 Å². The molecule has 8 heteroatoms. The van der Waals surface area contributed by atoms with E-state index in [0.29, 0.717) is 45.2 Å². The summed E-state index contributed by atoms with van der Waals surface area (Å²) in [5.74, 6) is 1.41. The van der Waals surface area contributed by atoms with E-state index in [0.717, 1.165) is 11.3 Å². The van der Waals surface area contributed by atoms with Crippen LogP contribution in [0.2, 0.25) is 0 Å². The Morgan fingerprint density at radius 1 is 1.38 bits per heavy atom. The standard InChI is InChI=1S/C18H27F3N4O/c1-3-22-17(23-8-10-26-16-6-4-5-14(2)11-16)24-15-7-9-25(12-15)13-18(19,20)21/h4-6,11,15H,3,7-10,12-13H2,1-2H3,(H2,22,23,24). The van der Waals surface area contributed by atoms with Crippen molar-refractivity contribution in [2.24, 2.45) is 4.99 Å². The minimum Gasteiger partial charge on any atom is -0.492 e. The molecule has 146 valence electrons. The van der Waals surface area contributed by atoms with Gasteiger partial charge in [0.25, 0.3) is 0 Å². The second kappa shape index (κ2) is 9.66. The number of hydrogen-bond donors (Lipinski definition) is 2. The molecule has 1 aliphatic rings. The van der Waals surface area contributed by atoms with Gasteiger partial charge in [0.1, 0.15) is 12.4 Å². The largest absolute Gasteiger partial charge is 0.492 e. The van der Waals surface area contributed by atoms with E-state index >= 15 is 0 Å². The molecule has 26 heavy (non-hydrogen) atoms. The van der Waals surface area contributed by atoms with Crippen molar-refractivity contribution in [3.05, 3.63) is 29.8 Å². The summed E-state index contributed by atoms with van der Waals surface area (Å²) in [6, 6.07) is 7.76. The maximum atomic E-state index is 12.5. The predicted octanol–water partition coefficient (Wildman–Crippen LogP) is 2.57. The lowest BCUT2D eigenvalue weighted by Crippen LogP contribution is -2.45. The summed E-state index contributed by atoms with van der Waals surface area (Å²) in [6.45, 7) is 5.48. The van der Waals surface area contributed by atoms with Gasteiger partial charge in [-0.05, 0) is 38.0 Å². The number of ether oxygens (including phenoxy) is 1. The Balaban J connectivity index is 1.77. The first-order valence-electron chi connectivity index (χ1n) is 8.89. The van der Waals surface area contributed by atoms with Crippen LogP contribution in [-0.4, -0.2) is 62.4 Å². The number of aliphatic imine (C=N–C) groups is 1. The number of aryl methyl sites for hydroxylation is 1. The lowest BCUT2D eigenvalue weighted by atomic mass is 10.2. The molecule has 2 N–H and O–H groups in total. The Bertz CT molecular complexity index is 592. The summed E-state index contributed by atoms with van der Waals surface area (Å²) < 4.78 is 43.1. The molecule has 0 amide bonds. The van der Waals surface area contributed by atoms with Gasteiger partial charge in [0.05, 0.1) is 13.1 Å². The molecule has 0 aliphatic carbocycles. The van der Waals surface area contributed by atoms with Crippen molar-refractivity contribution in [3.8, 4) is 5.75 Å². The second-order valence-electron chi connectivity index (χ2n) is 6.41. The average Bonchev–Trinajstić information content (AvgIpc) is 2.96. The highest BCUT2D eigenvalue weighted by Crippen LogP contribution is 2.19. The quantitative estimate of drug-likeness (QED) is 0.439.